The van der Waals surface area contributed by atoms with Crippen molar-refractivity contribution in [2.24, 2.45) is 0 Å². The number of aliphatic hydroxyl groups is 1. The van der Waals surface area contributed by atoms with Crippen LogP contribution in [0.15, 0.2) is 60.7 Å². The zero-order valence-corrected chi connectivity index (χ0v) is 19.3. The third-order valence-corrected chi connectivity index (χ3v) is 6.32. The Hall–Kier alpha value is -2.44. The molecule has 2 aromatic rings. The van der Waals surface area contributed by atoms with Crippen LogP contribution in [0.25, 0.3) is 0 Å². The van der Waals surface area contributed by atoms with Gasteiger partial charge in [-0.15, -0.1) is 0 Å². The molecule has 0 saturated carbocycles. The van der Waals surface area contributed by atoms with Crippen molar-refractivity contribution in [3.8, 4) is 0 Å². The van der Waals surface area contributed by atoms with Gasteiger partial charge in [-0.3, -0.25) is 4.79 Å². The first kappa shape index (κ1) is 24.8. The highest BCUT2D eigenvalue weighted by molar-refractivity contribution is 7.80. The molecule has 0 radical (unpaired) electrons. The van der Waals surface area contributed by atoms with Crippen molar-refractivity contribution in [1.82, 2.24) is 10.6 Å². The second-order valence-corrected chi connectivity index (χ2v) is 8.89. The molecular formula is C25H34N2O3S. The van der Waals surface area contributed by atoms with Gasteiger partial charge in [0.25, 0.3) is 0 Å². The SMILES string of the molecule is CC(CO)(CCCNC(=S)NCCCC(C)(C(=O)O)c1ccccc1)c1ccccc1. The molecule has 0 amide bonds. The number of nitrogens with one attached hydrogen (secondary N) is 2. The van der Waals surface area contributed by atoms with Crippen molar-refractivity contribution in [1.29, 1.82) is 0 Å². The molecule has 0 bridgehead atoms. The maximum atomic E-state index is 11.9. The van der Waals surface area contributed by atoms with E-state index >= 15 is 0 Å². The molecule has 0 heterocycles. The van der Waals surface area contributed by atoms with E-state index in [2.05, 4.69) is 29.7 Å². The summed E-state index contributed by atoms with van der Waals surface area (Å²) >= 11 is 5.35. The first-order valence-electron chi connectivity index (χ1n) is 10.8. The van der Waals surface area contributed by atoms with Crippen LogP contribution in [0, 0.1) is 0 Å². The van der Waals surface area contributed by atoms with Crippen molar-refractivity contribution in [2.45, 2.75) is 50.4 Å². The molecular weight excluding hydrogens is 408 g/mol. The second-order valence-electron chi connectivity index (χ2n) is 8.48. The third-order valence-electron chi connectivity index (χ3n) is 6.03. The lowest BCUT2D eigenvalue weighted by atomic mass is 9.78. The van der Waals surface area contributed by atoms with Crippen LogP contribution in [-0.2, 0) is 15.6 Å². The van der Waals surface area contributed by atoms with Gasteiger partial charge in [0.1, 0.15) is 0 Å². The van der Waals surface area contributed by atoms with Crippen LogP contribution < -0.4 is 10.6 Å². The van der Waals surface area contributed by atoms with E-state index in [-0.39, 0.29) is 12.0 Å². The number of rotatable bonds is 12. The number of thiocarbonyl (C=S) groups is 1. The van der Waals surface area contributed by atoms with Gasteiger partial charge in [0.2, 0.25) is 0 Å². The minimum atomic E-state index is -0.913. The molecule has 5 nitrogen and oxygen atoms in total. The topological polar surface area (TPSA) is 81.6 Å². The smallest absolute Gasteiger partial charge is 0.313 e. The lowest BCUT2D eigenvalue weighted by Gasteiger charge is -2.28. The lowest BCUT2D eigenvalue weighted by Crippen LogP contribution is -2.38. The zero-order chi connectivity index (χ0) is 22.7. The molecule has 0 fully saturated rings. The number of aliphatic carboxylic acids is 1. The molecule has 2 rings (SSSR count). The number of hydrogen-bond donors (Lipinski definition) is 4. The number of benzene rings is 2. The Morgan fingerprint density at radius 2 is 1.35 bits per heavy atom. The Kier molecular flexibility index (Phi) is 9.46. The first-order chi connectivity index (χ1) is 14.8. The predicted molar refractivity (Wildman–Crippen MR) is 129 cm³/mol. The molecule has 4 N–H and O–H groups in total. The Bertz CT molecular complexity index is 831. The predicted octanol–water partition coefficient (Wildman–Crippen LogP) is 4.00. The molecule has 0 aromatic heterocycles. The van der Waals surface area contributed by atoms with E-state index < -0.39 is 11.4 Å². The third kappa shape index (κ3) is 7.04. The van der Waals surface area contributed by atoms with Crippen molar-refractivity contribution < 1.29 is 15.0 Å². The minimum absolute atomic E-state index is 0.101. The Balaban J connectivity index is 1.71. The highest BCUT2D eigenvalue weighted by atomic mass is 32.1. The number of carboxylic acids is 1. The molecule has 0 spiro atoms. The van der Waals surface area contributed by atoms with Gasteiger partial charge in [-0.05, 0) is 56.0 Å². The quantitative estimate of drug-likeness (QED) is 0.294. The Labute approximate surface area is 190 Å². The second kappa shape index (κ2) is 11.8. The van der Waals surface area contributed by atoms with Gasteiger partial charge in [-0.1, -0.05) is 67.6 Å². The van der Waals surface area contributed by atoms with Crippen LogP contribution in [0.5, 0.6) is 0 Å². The molecule has 0 aliphatic carbocycles. The molecule has 0 aliphatic rings. The summed E-state index contributed by atoms with van der Waals surface area (Å²) in [6.07, 6.45) is 2.93. The van der Waals surface area contributed by atoms with Crippen molar-refractivity contribution in [3.63, 3.8) is 0 Å². The fourth-order valence-electron chi connectivity index (χ4n) is 3.72. The fourth-order valence-corrected chi connectivity index (χ4v) is 3.93. The van der Waals surface area contributed by atoms with E-state index in [0.717, 1.165) is 24.0 Å². The average Bonchev–Trinajstić information content (AvgIpc) is 2.80. The summed E-state index contributed by atoms with van der Waals surface area (Å²) in [6, 6.07) is 19.4. The summed E-state index contributed by atoms with van der Waals surface area (Å²) in [4.78, 5) is 11.9. The van der Waals surface area contributed by atoms with Crippen LogP contribution in [0.4, 0.5) is 0 Å². The number of hydrogen-bond acceptors (Lipinski definition) is 3. The monoisotopic (exact) mass is 442 g/mol. The molecule has 31 heavy (non-hydrogen) atoms. The molecule has 2 atom stereocenters. The maximum Gasteiger partial charge on any atom is 0.313 e. The number of aliphatic hydroxyl groups excluding tert-OH is 1. The van der Waals surface area contributed by atoms with E-state index in [0.29, 0.717) is 31.0 Å². The van der Waals surface area contributed by atoms with Gasteiger partial charge < -0.3 is 20.8 Å². The fraction of sp³-hybridized carbons (Fsp3) is 0.440. The average molecular weight is 443 g/mol. The van der Waals surface area contributed by atoms with E-state index in [1.165, 1.54) is 0 Å². The zero-order valence-electron chi connectivity index (χ0n) is 18.4. The molecule has 6 heteroatoms. The van der Waals surface area contributed by atoms with Crippen LogP contribution in [0.1, 0.15) is 50.7 Å². The summed E-state index contributed by atoms with van der Waals surface area (Å²) in [7, 11) is 0. The maximum absolute atomic E-state index is 11.9. The van der Waals surface area contributed by atoms with E-state index in [1.54, 1.807) is 6.92 Å². The van der Waals surface area contributed by atoms with Crippen molar-refractivity contribution >= 4 is 23.3 Å². The highest BCUT2D eigenvalue weighted by Gasteiger charge is 2.34. The summed E-state index contributed by atoms with van der Waals surface area (Å²) in [5.41, 5.74) is 0.771. The molecule has 2 aromatic carbocycles. The van der Waals surface area contributed by atoms with Crippen LogP contribution in [0.3, 0.4) is 0 Å². The van der Waals surface area contributed by atoms with Gasteiger partial charge in [-0.25, -0.2) is 0 Å². The Morgan fingerprint density at radius 1 is 0.871 bits per heavy atom. The van der Waals surface area contributed by atoms with Crippen molar-refractivity contribution in [3.05, 3.63) is 71.8 Å². The summed E-state index contributed by atoms with van der Waals surface area (Å²) in [6.45, 7) is 5.27. The lowest BCUT2D eigenvalue weighted by molar-refractivity contribution is -0.143. The summed E-state index contributed by atoms with van der Waals surface area (Å²) in [5.74, 6) is -0.815. The van der Waals surface area contributed by atoms with Gasteiger partial charge in [-0.2, -0.15) is 0 Å². The molecule has 168 valence electrons. The van der Waals surface area contributed by atoms with Gasteiger partial charge in [0.05, 0.1) is 12.0 Å². The molecule has 0 aliphatic heterocycles. The largest absolute Gasteiger partial charge is 0.481 e. The van der Waals surface area contributed by atoms with Gasteiger partial charge in [0, 0.05) is 18.5 Å². The van der Waals surface area contributed by atoms with E-state index in [1.807, 2.05) is 48.5 Å². The first-order valence-corrected chi connectivity index (χ1v) is 11.2. The molecule has 2 unspecified atom stereocenters. The van der Waals surface area contributed by atoms with Crippen LogP contribution in [0.2, 0.25) is 0 Å². The number of carbonyl (C=O) groups is 1. The number of carboxylic acid groups (broad SMARTS) is 1. The van der Waals surface area contributed by atoms with Gasteiger partial charge >= 0.3 is 5.97 Å². The highest BCUT2D eigenvalue weighted by Crippen LogP contribution is 2.29. The molecule has 0 saturated heterocycles. The van der Waals surface area contributed by atoms with E-state index in [9.17, 15) is 15.0 Å². The summed E-state index contributed by atoms with van der Waals surface area (Å²) in [5, 5.41) is 26.6. The van der Waals surface area contributed by atoms with E-state index in [4.69, 9.17) is 12.2 Å². The van der Waals surface area contributed by atoms with Gasteiger partial charge in [0.15, 0.2) is 5.11 Å². The van der Waals surface area contributed by atoms with Crippen LogP contribution >= 0.6 is 12.2 Å². The minimum Gasteiger partial charge on any atom is -0.481 e. The summed E-state index contributed by atoms with van der Waals surface area (Å²) < 4.78 is 0. The Morgan fingerprint density at radius 3 is 1.84 bits per heavy atom. The van der Waals surface area contributed by atoms with Crippen molar-refractivity contribution in [2.75, 3.05) is 19.7 Å². The van der Waals surface area contributed by atoms with Crippen LogP contribution in [-0.4, -0.2) is 41.0 Å². The standard InChI is InChI=1S/C25H34N2O3S/c1-24(19-28,20-11-5-3-6-12-20)15-9-17-26-23(31)27-18-10-16-25(2,22(29)30)21-13-7-4-8-14-21/h3-8,11-14,28H,9-10,15-19H2,1-2H3,(H,29,30)(H2,26,27,31). The normalized spacial score (nSPS) is 14.8.